The average Bonchev–Trinajstić information content (AvgIpc) is 3.48. The minimum Gasteiger partial charge on any atom is -0.324 e. The van der Waals surface area contributed by atoms with Crippen molar-refractivity contribution in [1.29, 1.82) is 0 Å². The second-order valence-electron chi connectivity index (χ2n) is 6.61. The summed E-state index contributed by atoms with van der Waals surface area (Å²) >= 11 is 1.29. The molecule has 0 aliphatic heterocycles. The Morgan fingerprint density at radius 2 is 1.68 bits per heavy atom. The predicted molar refractivity (Wildman–Crippen MR) is 121 cm³/mol. The van der Waals surface area contributed by atoms with Crippen LogP contribution in [0, 0.1) is 0 Å². The largest absolute Gasteiger partial charge is 0.324 e. The highest BCUT2D eigenvalue weighted by Gasteiger charge is 2.19. The average molecular weight is 428 g/mol. The van der Waals surface area contributed by atoms with E-state index >= 15 is 0 Å². The minimum atomic E-state index is -0.435. The number of fused-ring (bicyclic) bond motifs is 1. The van der Waals surface area contributed by atoms with Gasteiger partial charge in [-0.05, 0) is 35.7 Å². The Bertz CT molecular complexity index is 1410. The number of hydrogen-bond donors (Lipinski definition) is 2. The summed E-state index contributed by atoms with van der Waals surface area (Å²) in [5, 5.41) is 9.55. The van der Waals surface area contributed by atoms with Gasteiger partial charge < -0.3 is 5.32 Å². The van der Waals surface area contributed by atoms with Crippen LogP contribution in [-0.4, -0.2) is 25.3 Å². The first kappa shape index (κ1) is 18.8. The number of carbonyl (C=O) groups excluding carboxylic acids is 1. The van der Waals surface area contributed by atoms with Gasteiger partial charge in [-0.15, -0.1) is 11.3 Å². The summed E-state index contributed by atoms with van der Waals surface area (Å²) in [5.74, 6) is -0.226. The molecule has 31 heavy (non-hydrogen) atoms. The van der Waals surface area contributed by atoms with Crippen LogP contribution in [-0.2, 0) is 0 Å². The van der Waals surface area contributed by atoms with Crippen molar-refractivity contribution in [3.63, 3.8) is 0 Å². The molecule has 0 unspecified atom stereocenters. The van der Waals surface area contributed by atoms with E-state index in [1.807, 2.05) is 60.7 Å². The van der Waals surface area contributed by atoms with Crippen molar-refractivity contribution in [1.82, 2.24) is 19.4 Å². The van der Waals surface area contributed by atoms with E-state index in [1.165, 1.54) is 17.5 Å². The first-order valence-electron chi connectivity index (χ1n) is 9.44. The highest BCUT2D eigenvalue weighted by Crippen LogP contribution is 2.19. The molecule has 0 atom stereocenters. The van der Waals surface area contributed by atoms with Gasteiger partial charge in [-0.1, -0.05) is 42.5 Å². The SMILES string of the molecule is O=C(Nn1c(Nc2ccccc2)nc2c(cnn2-c2ccccc2)c1=O)c1cccs1. The fourth-order valence-electron chi connectivity index (χ4n) is 3.13. The standard InChI is InChI=1S/C22H16N6O2S/c29-20(18-12-7-13-31-18)26-28-21(30)17-14-23-27(16-10-5-2-6-11-16)19(17)25-22(28)24-15-8-3-1-4-9-15/h1-14H,(H,24,25)(H,26,29). The van der Waals surface area contributed by atoms with Crippen molar-refractivity contribution in [2.24, 2.45) is 0 Å². The number of rotatable bonds is 5. The van der Waals surface area contributed by atoms with Crippen LogP contribution >= 0.6 is 11.3 Å². The van der Waals surface area contributed by atoms with Crippen LogP contribution in [0.25, 0.3) is 16.7 Å². The number of para-hydroxylation sites is 2. The number of amides is 1. The zero-order valence-electron chi connectivity index (χ0n) is 16.1. The van der Waals surface area contributed by atoms with E-state index in [9.17, 15) is 9.59 Å². The van der Waals surface area contributed by atoms with Crippen molar-refractivity contribution < 1.29 is 4.79 Å². The quantitative estimate of drug-likeness (QED) is 0.444. The molecule has 0 fully saturated rings. The van der Waals surface area contributed by atoms with Gasteiger partial charge in [0.2, 0.25) is 5.95 Å². The van der Waals surface area contributed by atoms with Crippen LogP contribution in [0.15, 0.2) is 89.2 Å². The molecule has 0 spiro atoms. The molecular weight excluding hydrogens is 412 g/mol. The molecule has 2 aromatic carbocycles. The van der Waals surface area contributed by atoms with Gasteiger partial charge in [-0.2, -0.15) is 14.8 Å². The Hall–Kier alpha value is -4.24. The maximum absolute atomic E-state index is 13.3. The fourth-order valence-corrected chi connectivity index (χ4v) is 3.74. The lowest BCUT2D eigenvalue weighted by Crippen LogP contribution is -2.35. The van der Waals surface area contributed by atoms with Crippen LogP contribution in [0.1, 0.15) is 9.67 Å². The van der Waals surface area contributed by atoms with Crippen LogP contribution in [0.5, 0.6) is 0 Å². The topological polar surface area (TPSA) is 93.8 Å². The third-order valence-corrected chi connectivity index (χ3v) is 5.46. The zero-order valence-corrected chi connectivity index (χ0v) is 16.9. The van der Waals surface area contributed by atoms with Crippen molar-refractivity contribution in [2.45, 2.75) is 0 Å². The Labute approximate surface area is 180 Å². The van der Waals surface area contributed by atoms with Crippen molar-refractivity contribution in [3.8, 4) is 5.69 Å². The predicted octanol–water partition coefficient (Wildman–Crippen LogP) is 3.77. The summed E-state index contributed by atoms with van der Waals surface area (Å²) in [6, 6.07) is 22.2. The maximum Gasteiger partial charge on any atom is 0.285 e. The van der Waals surface area contributed by atoms with E-state index < -0.39 is 11.5 Å². The number of nitrogens with one attached hydrogen (secondary N) is 2. The molecule has 3 heterocycles. The number of carbonyl (C=O) groups is 1. The Kier molecular flexibility index (Phi) is 4.77. The Morgan fingerprint density at radius 3 is 2.39 bits per heavy atom. The van der Waals surface area contributed by atoms with Crippen molar-refractivity contribution in [2.75, 3.05) is 10.7 Å². The van der Waals surface area contributed by atoms with E-state index in [4.69, 9.17) is 0 Å². The van der Waals surface area contributed by atoms with Crippen LogP contribution in [0.3, 0.4) is 0 Å². The number of anilines is 2. The van der Waals surface area contributed by atoms with Gasteiger partial charge in [-0.3, -0.25) is 15.0 Å². The van der Waals surface area contributed by atoms with E-state index in [0.717, 1.165) is 16.1 Å². The molecule has 0 saturated carbocycles. The summed E-state index contributed by atoms with van der Waals surface area (Å²) in [4.78, 5) is 31.1. The molecule has 8 nitrogen and oxygen atoms in total. The van der Waals surface area contributed by atoms with Crippen molar-refractivity contribution in [3.05, 3.63) is 99.6 Å². The lowest BCUT2D eigenvalue weighted by Gasteiger charge is -2.14. The summed E-state index contributed by atoms with van der Waals surface area (Å²) in [6.45, 7) is 0. The molecule has 0 aliphatic carbocycles. The number of benzene rings is 2. The number of thiophene rings is 1. The van der Waals surface area contributed by atoms with Gasteiger partial charge in [0, 0.05) is 5.69 Å². The molecule has 2 N–H and O–H groups in total. The Morgan fingerprint density at radius 1 is 0.935 bits per heavy atom. The van der Waals surface area contributed by atoms with Gasteiger partial charge in [0.05, 0.1) is 16.8 Å². The van der Waals surface area contributed by atoms with Crippen LogP contribution < -0.4 is 16.3 Å². The molecule has 9 heteroatoms. The van der Waals surface area contributed by atoms with Crippen LogP contribution in [0.2, 0.25) is 0 Å². The summed E-state index contributed by atoms with van der Waals surface area (Å²) in [7, 11) is 0. The Balaban J connectivity index is 1.67. The molecule has 5 rings (SSSR count). The second-order valence-corrected chi connectivity index (χ2v) is 7.56. The molecule has 152 valence electrons. The number of aromatic nitrogens is 4. The number of nitrogens with zero attached hydrogens (tertiary/aromatic N) is 4. The van der Waals surface area contributed by atoms with Crippen molar-refractivity contribution >= 4 is 39.9 Å². The molecule has 0 bridgehead atoms. The molecule has 5 aromatic rings. The van der Waals surface area contributed by atoms with E-state index in [-0.39, 0.29) is 11.3 Å². The first-order valence-corrected chi connectivity index (χ1v) is 10.3. The number of hydrogen-bond acceptors (Lipinski definition) is 6. The monoisotopic (exact) mass is 428 g/mol. The molecule has 0 aliphatic rings. The summed E-state index contributed by atoms with van der Waals surface area (Å²) in [6.07, 6.45) is 1.46. The third-order valence-electron chi connectivity index (χ3n) is 4.59. The maximum atomic E-state index is 13.3. The van der Waals surface area contributed by atoms with Gasteiger partial charge in [0.15, 0.2) is 5.65 Å². The van der Waals surface area contributed by atoms with E-state index in [1.54, 1.807) is 22.2 Å². The fraction of sp³-hybridized carbons (Fsp3) is 0. The van der Waals surface area contributed by atoms with Gasteiger partial charge in [0.25, 0.3) is 11.5 Å². The smallest absolute Gasteiger partial charge is 0.285 e. The van der Waals surface area contributed by atoms with E-state index in [2.05, 4.69) is 20.8 Å². The summed E-state index contributed by atoms with van der Waals surface area (Å²) in [5.41, 5.74) is 4.10. The minimum absolute atomic E-state index is 0.172. The van der Waals surface area contributed by atoms with Gasteiger partial charge in [-0.25, -0.2) is 4.68 Å². The highest BCUT2D eigenvalue weighted by molar-refractivity contribution is 7.12. The molecular formula is C22H16N6O2S. The molecule has 3 aromatic heterocycles. The second kappa shape index (κ2) is 7.88. The lowest BCUT2D eigenvalue weighted by molar-refractivity contribution is 0.101. The summed E-state index contributed by atoms with van der Waals surface area (Å²) < 4.78 is 2.72. The lowest BCUT2D eigenvalue weighted by atomic mass is 10.3. The molecule has 0 radical (unpaired) electrons. The normalized spacial score (nSPS) is 10.8. The van der Waals surface area contributed by atoms with E-state index in [0.29, 0.717) is 10.5 Å². The zero-order chi connectivity index (χ0) is 21.2. The van der Waals surface area contributed by atoms with Crippen LogP contribution in [0.4, 0.5) is 11.6 Å². The first-order chi connectivity index (χ1) is 15.2. The van der Waals surface area contributed by atoms with Gasteiger partial charge in [0.1, 0.15) is 5.39 Å². The highest BCUT2D eigenvalue weighted by atomic mass is 32.1. The molecule has 1 amide bonds. The van der Waals surface area contributed by atoms with Gasteiger partial charge >= 0.3 is 0 Å². The molecule has 0 saturated heterocycles. The third kappa shape index (κ3) is 3.58.